The number of nitrogens with one attached hydrogen (secondary N) is 1. The predicted molar refractivity (Wildman–Crippen MR) is 89.4 cm³/mol. The van der Waals surface area contributed by atoms with Gasteiger partial charge < -0.3 is 14.8 Å². The van der Waals surface area contributed by atoms with Crippen molar-refractivity contribution in [2.24, 2.45) is 5.92 Å². The van der Waals surface area contributed by atoms with Crippen LogP contribution in [0.1, 0.15) is 43.8 Å². The van der Waals surface area contributed by atoms with E-state index in [0.29, 0.717) is 18.9 Å². The van der Waals surface area contributed by atoms with Crippen molar-refractivity contribution >= 4 is 17.5 Å². The minimum Gasteiger partial charge on any atom is -0.384 e. The summed E-state index contributed by atoms with van der Waals surface area (Å²) < 4.78 is 11.3. The molecule has 0 unspecified atom stereocenters. The van der Waals surface area contributed by atoms with Crippen molar-refractivity contribution in [3.8, 4) is 0 Å². The van der Waals surface area contributed by atoms with E-state index >= 15 is 0 Å². The van der Waals surface area contributed by atoms with Gasteiger partial charge in [-0.3, -0.25) is 4.79 Å². The number of halogens is 1. The summed E-state index contributed by atoms with van der Waals surface area (Å²) in [7, 11) is 1.61. The van der Waals surface area contributed by atoms with Crippen LogP contribution in [0.25, 0.3) is 0 Å². The minimum atomic E-state index is 0.000718. The van der Waals surface area contributed by atoms with E-state index < -0.39 is 0 Å². The lowest BCUT2D eigenvalue weighted by molar-refractivity contribution is -0.127. The van der Waals surface area contributed by atoms with E-state index in [1.165, 1.54) is 6.42 Å². The number of methoxy groups -OCH3 is 1. The summed E-state index contributed by atoms with van der Waals surface area (Å²) in [4.78, 5) is 12.1. The average Bonchev–Trinajstić information content (AvgIpc) is 3.01. The topological polar surface area (TPSA) is 47.6 Å². The Balaban J connectivity index is 1.71. The minimum absolute atomic E-state index is 0.000718. The number of benzene rings is 1. The third-order valence-corrected chi connectivity index (χ3v) is 5.16. The van der Waals surface area contributed by atoms with Gasteiger partial charge >= 0.3 is 0 Å². The first-order valence-corrected chi connectivity index (χ1v) is 8.74. The van der Waals surface area contributed by atoms with Gasteiger partial charge in [-0.1, -0.05) is 30.2 Å². The third-order valence-electron chi connectivity index (χ3n) is 4.93. The molecule has 126 valence electrons. The van der Waals surface area contributed by atoms with Gasteiger partial charge in [0.05, 0.1) is 18.8 Å². The Bertz CT molecular complexity index is 551. The molecule has 0 bridgehead atoms. The molecule has 1 aromatic rings. The number of ether oxygens (including phenoxy) is 2. The zero-order valence-electron chi connectivity index (χ0n) is 13.5. The molecule has 5 heteroatoms. The highest BCUT2D eigenvalue weighted by Gasteiger charge is 2.42. The van der Waals surface area contributed by atoms with Crippen LogP contribution in [0.2, 0.25) is 5.02 Å². The fraction of sp³-hybridized carbons (Fsp3) is 0.611. The summed E-state index contributed by atoms with van der Waals surface area (Å²) in [6.45, 7) is 0.459. The molecule has 1 N–H and O–H groups in total. The molecule has 1 amide bonds. The molecular weight excluding hydrogens is 314 g/mol. The van der Waals surface area contributed by atoms with Crippen LogP contribution in [-0.4, -0.2) is 31.8 Å². The van der Waals surface area contributed by atoms with Crippen LogP contribution in [0.15, 0.2) is 24.3 Å². The highest BCUT2D eigenvalue weighted by molar-refractivity contribution is 6.30. The highest BCUT2D eigenvalue weighted by atomic mass is 35.5. The molecule has 1 aromatic carbocycles. The Hall–Kier alpha value is -1.10. The molecule has 1 aliphatic heterocycles. The molecule has 3 rings (SSSR count). The van der Waals surface area contributed by atoms with Gasteiger partial charge in [-0.05, 0) is 37.0 Å². The van der Waals surface area contributed by atoms with Crippen molar-refractivity contribution in [1.29, 1.82) is 0 Å². The molecular formula is C18H24ClNO3. The van der Waals surface area contributed by atoms with Gasteiger partial charge in [-0.2, -0.15) is 0 Å². The fourth-order valence-corrected chi connectivity index (χ4v) is 4.02. The number of hydrogen-bond donors (Lipinski definition) is 1. The summed E-state index contributed by atoms with van der Waals surface area (Å²) in [5, 5.41) is 3.93. The zero-order chi connectivity index (χ0) is 16.2. The Morgan fingerprint density at radius 3 is 3.09 bits per heavy atom. The highest BCUT2D eigenvalue weighted by Crippen LogP contribution is 2.42. The van der Waals surface area contributed by atoms with Gasteiger partial charge in [0.25, 0.3) is 0 Å². The van der Waals surface area contributed by atoms with Gasteiger partial charge in [-0.15, -0.1) is 0 Å². The summed E-state index contributed by atoms with van der Waals surface area (Å²) in [5.74, 6) is 0.492. The van der Waals surface area contributed by atoms with E-state index in [0.717, 1.165) is 29.8 Å². The maximum Gasteiger partial charge on any atom is 0.222 e. The maximum atomic E-state index is 12.1. The summed E-state index contributed by atoms with van der Waals surface area (Å²) in [6.07, 6.45) is 4.82. The summed E-state index contributed by atoms with van der Waals surface area (Å²) >= 11 is 6.11. The predicted octanol–water partition coefficient (Wildman–Crippen LogP) is 3.49. The Labute approximate surface area is 142 Å². The molecule has 4 atom stereocenters. The normalized spacial score (nSPS) is 30.0. The number of rotatable bonds is 5. The Morgan fingerprint density at radius 1 is 1.43 bits per heavy atom. The van der Waals surface area contributed by atoms with Crippen LogP contribution in [0, 0.1) is 5.92 Å². The SMILES string of the molecule is COCCC(=O)N[C@@H]1C[C@H](c2cccc(Cl)c2)O[C@@H]2CCC[C@@H]12. The zero-order valence-corrected chi connectivity index (χ0v) is 14.2. The van der Waals surface area contributed by atoms with Crippen molar-refractivity contribution in [3.63, 3.8) is 0 Å². The van der Waals surface area contributed by atoms with Crippen molar-refractivity contribution in [3.05, 3.63) is 34.9 Å². The average molecular weight is 338 g/mol. The number of hydrogen-bond acceptors (Lipinski definition) is 3. The van der Waals surface area contributed by atoms with Gasteiger partial charge in [-0.25, -0.2) is 0 Å². The number of fused-ring (bicyclic) bond motifs is 1. The molecule has 23 heavy (non-hydrogen) atoms. The van der Waals surface area contributed by atoms with E-state index in [9.17, 15) is 4.79 Å². The molecule has 2 aliphatic rings. The summed E-state index contributed by atoms with van der Waals surface area (Å²) in [6, 6.07) is 8.01. The van der Waals surface area contributed by atoms with Crippen LogP contribution < -0.4 is 5.32 Å². The number of carbonyl (C=O) groups is 1. The Morgan fingerprint density at radius 2 is 2.30 bits per heavy atom. The lowest BCUT2D eigenvalue weighted by Crippen LogP contribution is -2.48. The largest absolute Gasteiger partial charge is 0.384 e. The molecule has 1 saturated heterocycles. The Kier molecular flexibility index (Phi) is 5.57. The fourth-order valence-electron chi connectivity index (χ4n) is 3.82. The standard InChI is InChI=1S/C18H24ClNO3/c1-22-9-8-18(21)20-15-11-17(12-4-2-5-13(19)10-12)23-16-7-3-6-14(15)16/h2,4-5,10,14-17H,3,6-9,11H2,1H3,(H,20,21)/t14-,15+,16+,17+/m0/s1. The second-order valence-electron chi connectivity index (χ2n) is 6.47. The molecule has 0 radical (unpaired) electrons. The molecule has 2 fully saturated rings. The lowest BCUT2D eigenvalue weighted by atomic mass is 9.86. The van der Waals surface area contributed by atoms with Gasteiger partial charge in [0.15, 0.2) is 0 Å². The van der Waals surface area contributed by atoms with Crippen molar-refractivity contribution in [1.82, 2.24) is 5.32 Å². The monoisotopic (exact) mass is 337 g/mol. The third kappa shape index (κ3) is 4.06. The van der Waals surface area contributed by atoms with Crippen LogP contribution >= 0.6 is 11.6 Å². The van der Waals surface area contributed by atoms with Crippen LogP contribution in [-0.2, 0) is 14.3 Å². The second-order valence-corrected chi connectivity index (χ2v) is 6.90. The van der Waals surface area contributed by atoms with E-state index in [2.05, 4.69) is 11.4 Å². The van der Waals surface area contributed by atoms with Crippen LogP contribution in [0.5, 0.6) is 0 Å². The van der Waals surface area contributed by atoms with Gasteiger partial charge in [0.1, 0.15) is 0 Å². The molecule has 1 heterocycles. The first-order valence-electron chi connectivity index (χ1n) is 8.36. The van der Waals surface area contributed by atoms with Crippen molar-refractivity contribution < 1.29 is 14.3 Å². The van der Waals surface area contributed by atoms with Crippen LogP contribution in [0.3, 0.4) is 0 Å². The van der Waals surface area contributed by atoms with Gasteiger partial charge in [0, 0.05) is 30.5 Å². The van der Waals surface area contributed by atoms with E-state index in [-0.39, 0.29) is 24.2 Å². The van der Waals surface area contributed by atoms with E-state index in [1.54, 1.807) is 7.11 Å². The number of carbonyl (C=O) groups excluding carboxylic acids is 1. The molecule has 0 spiro atoms. The lowest BCUT2D eigenvalue weighted by Gasteiger charge is -2.39. The van der Waals surface area contributed by atoms with E-state index in [1.807, 2.05) is 18.2 Å². The first-order chi connectivity index (χ1) is 11.2. The van der Waals surface area contributed by atoms with E-state index in [4.69, 9.17) is 21.1 Å². The molecule has 4 nitrogen and oxygen atoms in total. The molecule has 1 aliphatic carbocycles. The van der Waals surface area contributed by atoms with Gasteiger partial charge in [0.2, 0.25) is 5.91 Å². The van der Waals surface area contributed by atoms with Crippen molar-refractivity contribution in [2.45, 2.75) is 50.4 Å². The quantitative estimate of drug-likeness (QED) is 0.894. The number of amides is 1. The summed E-state index contributed by atoms with van der Waals surface area (Å²) in [5.41, 5.74) is 1.10. The first kappa shape index (κ1) is 16.7. The smallest absolute Gasteiger partial charge is 0.222 e. The maximum absolute atomic E-state index is 12.1. The second kappa shape index (κ2) is 7.65. The molecule has 1 saturated carbocycles. The van der Waals surface area contributed by atoms with Crippen molar-refractivity contribution in [2.75, 3.05) is 13.7 Å². The van der Waals surface area contributed by atoms with Crippen LogP contribution in [0.4, 0.5) is 0 Å². The molecule has 0 aromatic heterocycles.